The van der Waals surface area contributed by atoms with Crippen LogP contribution in [0.25, 0.3) is 10.9 Å². The van der Waals surface area contributed by atoms with E-state index in [4.69, 9.17) is 9.73 Å². The van der Waals surface area contributed by atoms with Gasteiger partial charge < -0.3 is 19.5 Å². The Morgan fingerprint density at radius 3 is 2.41 bits per heavy atom. The highest BCUT2D eigenvalue weighted by Crippen LogP contribution is 2.29. The van der Waals surface area contributed by atoms with Crippen molar-refractivity contribution in [1.82, 2.24) is 19.7 Å². The van der Waals surface area contributed by atoms with Crippen LogP contribution in [0.3, 0.4) is 0 Å². The number of benzene rings is 2. The highest BCUT2D eigenvalue weighted by molar-refractivity contribution is 9.10. The van der Waals surface area contributed by atoms with E-state index in [0.29, 0.717) is 42.7 Å². The summed E-state index contributed by atoms with van der Waals surface area (Å²) in [5, 5.41) is 0.130. The maximum atomic E-state index is 14.5. The summed E-state index contributed by atoms with van der Waals surface area (Å²) in [6.45, 7) is 6.76. The molecule has 8 nitrogen and oxygen atoms in total. The first-order valence-electron chi connectivity index (χ1n) is 12.5. The van der Waals surface area contributed by atoms with Gasteiger partial charge in [0.25, 0.3) is 11.7 Å². The van der Waals surface area contributed by atoms with Crippen molar-refractivity contribution in [3.63, 3.8) is 0 Å². The van der Waals surface area contributed by atoms with E-state index in [0.717, 1.165) is 44.2 Å². The lowest BCUT2D eigenvalue weighted by Crippen LogP contribution is -2.52. The van der Waals surface area contributed by atoms with Gasteiger partial charge in [0.05, 0.1) is 30.8 Å². The van der Waals surface area contributed by atoms with Crippen LogP contribution >= 0.6 is 15.9 Å². The fraction of sp³-hybridized carbons (Fsp3) is 0.370. The third-order valence-electron chi connectivity index (χ3n) is 6.85. The van der Waals surface area contributed by atoms with Gasteiger partial charge in [-0.2, -0.15) is 0 Å². The summed E-state index contributed by atoms with van der Waals surface area (Å²) in [6, 6.07) is 12.9. The topological polar surface area (TPSA) is 81.2 Å². The molecule has 0 radical (unpaired) electrons. The minimum Gasteiger partial charge on any atom is -0.379 e. The lowest BCUT2D eigenvalue weighted by atomic mass is 10.1. The standard InChI is InChI=1S/C27H29BrFN5O3/c28-21-6-7-22(29)23-20(18-31-24(21)23)25(35)27(36)34-12-10-33(11-13-34)26(19-4-2-1-3-5-19)30-8-9-32-14-16-37-17-15-32/h1-7,18,31H,8-17H2. The van der Waals surface area contributed by atoms with Gasteiger partial charge in [-0.3, -0.25) is 19.5 Å². The second-order valence-electron chi connectivity index (χ2n) is 9.12. The number of halogens is 2. The third-order valence-corrected chi connectivity index (χ3v) is 7.51. The number of aromatic nitrogens is 1. The summed E-state index contributed by atoms with van der Waals surface area (Å²) in [5.74, 6) is -0.971. The van der Waals surface area contributed by atoms with Gasteiger partial charge >= 0.3 is 0 Å². The first-order chi connectivity index (χ1) is 18.0. The highest BCUT2D eigenvalue weighted by Gasteiger charge is 2.30. The minimum absolute atomic E-state index is 0.0517. The number of fused-ring (bicyclic) bond motifs is 1. The van der Waals surface area contributed by atoms with Gasteiger partial charge in [0.1, 0.15) is 11.7 Å². The van der Waals surface area contributed by atoms with E-state index in [9.17, 15) is 14.0 Å². The average molecular weight is 570 g/mol. The van der Waals surface area contributed by atoms with Crippen molar-refractivity contribution in [2.24, 2.45) is 4.99 Å². The highest BCUT2D eigenvalue weighted by atomic mass is 79.9. The molecule has 0 saturated carbocycles. The number of amidine groups is 1. The Balaban J connectivity index is 1.26. The molecule has 0 spiro atoms. The molecule has 2 saturated heterocycles. The molecule has 3 heterocycles. The number of amides is 1. The Kier molecular flexibility index (Phi) is 7.97. The van der Waals surface area contributed by atoms with Crippen molar-refractivity contribution < 1.29 is 18.7 Å². The van der Waals surface area contributed by atoms with Crippen LogP contribution in [0, 0.1) is 5.82 Å². The quantitative estimate of drug-likeness (QED) is 0.213. The lowest BCUT2D eigenvalue weighted by molar-refractivity contribution is -0.127. The average Bonchev–Trinajstić information content (AvgIpc) is 3.40. The molecule has 10 heteroatoms. The number of morpholine rings is 1. The zero-order valence-electron chi connectivity index (χ0n) is 20.5. The number of rotatable bonds is 6. The Bertz CT molecular complexity index is 1300. The number of nitrogens with zero attached hydrogens (tertiary/aromatic N) is 4. The number of carbonyl (C=O) groups is 2. The molecule has 0 aliphatic carbocycles. The Labute approximate surface area is 223 Å². The maximum Gasteiger partial charge on any atom is 0.295 e. The van der Waals surface area contributed by atoms with Crippen LogP contribution in [0.5, 0.6) is 0 Å². The number of Topliss-reactive ketones (excluding diaryl/α,β-unsaturated/α-hetero) is 1. The molecule has 1 amide bonds. The van der Waals surface area contributed by atoms with E-state index < -0.39 is 17.5 Å². The summed E-state index contributed by atoms with van der Waals surface area (Å²) in [6.07, 6.45) is 1.41. The van der Waals surface area contributed by atoms with Gasteiger partial charge in [-0.15, -0.1) is 0 Å². The van der Waals surface area contributed by atoms with Gasteiger partial charge in [0, 0.05) is 67.4 Å². The van der Waals surface area contributed by atoms with Crippen LogP contribution in [0.1, 0.15) is 15.9 Å². The van der Waals surface area contributed by atoms with Crippen LogP contribution in [0.4, 0.5) is 4.39 Å². The Morgan fingerprint density at radius 1 is 0.973 bits per heavy atom. The molecule has 2 aliphatic heterocycles. The molecule has 1 N–H and O–H groups in total. The predicted molar refractivity (Wildman–Crippen MR) is 144 cm³/mol. The van der Waals surface area contributed by atoms with Crippen LogP contribution < -0.4 is 0 Å². The lowest BCUT2D eigenvalue weighted by Gasteiger charge is -2.36. The number of aromatic amines is 1. The first kappa shape index (κ1) is 25.6. The Hall–Kier alpha value is -3.08. The number of aliphatic imine (C=N–C) groups is 1. The summed E-state index contributed by atoms with van der Waals surface area (Å²) < 4.78 is 20.6. The second kappa shape index (κ2) is 11.5. The number of hydrogen-bond acceptors (Lipinski definition) is 5. The third kappa shape index (κ3) is 5.61. The fourth-order valence-electron chi connectivity index (χ4n) is 4.82. The summed E-state index contributed by atoms with van der Waals surface area (Å²) in [4.78, 5) is 40.1. The summed E-state index contributed by atoms with van der Waals surface area (Å²) >= 11 is 3.36. The number of ether oxygens (including phenoxy) is 1. The molecule has 2 aliphatic rings. The largest absolute Gasteiger partial charge is 0.379 e. The molecule has 37 heavy (non-hydrogen) atoms. The molecule has 2 aromatic carbocycles. The van der Waals surface area contributed by atoms with Crippen molar-refractivity contribution in [3.05, 3.63) is 70.1 Å². The maximum absolute atomic E-state index is 14.5. The predicted octanol–water partition coefficient (Wildman–Crippen LogP) is 3.18. The molecule has 0 unspecified atom stereocenters. The van der Waals surface area contributed by atoms with Crippen molar-refractivity contribution in [2.75, 3.05) is 65.6 Å². The van der Waals surface area contributed by atoms with E-state index >= 15 is 0 Å². The molecule has 0 bridgehead atoms. The Morgan fingerprint density at radius 2 is 1.68 bits per heavy atom. The zero-order chi connectivity index (χ0) is 25.8. The van der Waals surface area contributed by atoms with Crippen molar-refractivity contribution in [3.8, 4) is 0 Å². The normalized spacial score (nSPS) is 17.4. The van der Waals surface area contributed by atoms with Crippen LogP contribution in [-0.2, 0) is 9.53 Å². The molecule has 3 aromatic rings. The number of piperazine rings is 1. The number of hydrogen-bond donors (Lipinski definition) is 1. The smallest absolute Gasteiger partial charge is 0.295 e. The van der Waals surface area contributed by atoms with Gasteiger partial charge in [0.2, 0.25) is 0 Å². The van der Waals surface area contributed by atoms with Crippen LogP contribution in [0.15, 0.2) is 58.1 Å². The van der Waals surface area contributed by atoms with Gasteiger partial charge in [-0.25, -0.2) is 4.39 Å². The number of carbonyl (C=O) groups excluding carboxylic acids is 2. The van der Waals surface area contributed by atoms with E-state index in [2.05, 4.69) is 30.7 Å². The van der Waals surface area contributed by atoms with E-state index in [1.807, 2.05) is 30.3 Å². The monoisotopic (exact) mass is 569 g/mol. The molecule has 0 atom stereocenters. The fourth-order valence-corrected chi connectivity index (χ4v) is 5.26. The molecule has 1 aromatic heterocycles. The first-order valence-corrected chi connectivity index (χ1v) is 13.3. The van der Waals surface area contributed by atoms with Crippen molar-refractivity contribution in [2.45, 2.75) is 0 Å². The van der Waals surface area contributed by atoms with Crippen molar-refractivity contribution in [1.29, 1.82) is 0 Å². The number of H-pyrrole nitrogens is 1. The van der Waals surface area contributed by atoms with Gasteiger partial charge in [-0.1, -0.05) is 30.3 Å². The second-order valence-corrected chi connectivity index (χ2v) is 9.97. The molecule has 5 rings (SSSR count). The van der Waals surface area contributed by atoms with E-state index in [-0.39, 0.29) is 10.9 Å². The SMILES string of the molecule is O=C(C(=O)N1CCN(C(=NCCN2CCOCC2)c2ccccc2)CC1)c1c[nH]c2c(Br)ccc(F)c12. The minimum atomic E-state index is -0.709. The van der Waals surface area contributed by atoms with Gasteiger partial charge in [-0.05, 0) is 28.1 Å². The molecular weight excluding hydrogens is 541 g/mol. The van der Waals surface area contributed by atoms with E-state index in [1.165, 1.54) is 12.3 Å². The molecular formula is C27H29BrFN5O3. The number of ketones is 1. The van der Waals surface area contributed by atoms with Crippen molar-refractivity contribution >= 4 is 44.4 Å². The van der Waals surface area contributed by atoms with Crippen LogP contribution in [0.2, 0.25) is 0 Å². The van der Waals surface area contributed by atoms with E-state index in [1.54, 1.807) is 11.0 Å². The molecule has 2 fully saturated rings. The van der Waals surface area contributed by atoms with Gasteiger partial charge in [0.15, 0.2) is 0 Å². The zero-order valence-corrected chi connectivity index (χ0v) is 22.0. The molecule has 194 valence electrons. The van der Waals surface area contributed by atoms with Crippen LogP contribution in [-0.4, -0.2) is 103 Å². The summed E-state index contributed by atoms with van der Waals surface area (Å²) in [7, 11) is 0. The summed E-state index contributed by atoms with van der Waals surface area (Å²) in [5.41, 5.74) is 1.54. The number of nitrogens with one attached hydrogen (secondary N) is 1.